The van der Waals surface area contributed by atoms with E-state index in [-0.39, 0.29) is 19.3 Å². The van der Waals surface area contributed by atoms with Gasteiger partial charge in [0.15, 0.2) is 6.10 Å². The molecular formula is C25H43NO6. The van der Waals surface area contributed by atoms with Crippen LogP contribution in [0.3, 0.4) is 0 Å². The minimum atomic E-state index is -1.15. The third kappa shape index (κ3) is 12.8. The summed E-state index contributed by atoms with van der Waals surface area (Å²) in [6.07, 6.45) is 17.9. The largest absolute Gasteiger partial charge is 0.451 e. The van der Waals surface area contributed by atoms with Crippen LogP contribution >= 0.6 is 0 Å². The molecule has 1 fully saturated rings. The van der Waals surface area contributed by atoms with E-state index in [1.54, 1.807) is 0 Å². The Morgan fingerprint density at radius 2 is 1.16 bits per heavy atom. The highest BCUT2D eigenvalue weighted by Gasteiger charge is 2.34. The van der Waals surface area contributed by atoms with Crippen molar-refractivity contribution >= 4 is 23.8 Å². The molecule has 7 nitrogen and oxygen atoms in total. The molecule has 0 aromatic carbocycles. The van der Waals surface area contributed by atoms with Crippen molar-refractivity contribution in [1.29, 1.82) is 0 Å². The Morgan fingerprint density at radius 3 is 1.59 bits per heavy atom. The van der Waals surface area contributed by atoms with Gasteiger partial charge in [0.2, 0.25) is 0 Å². The fourth-order valence-electron chi connectivity index (χ4n) is 3.77. The Balaban J connectivity index is 1.92. The molecule has 0 spiro atoms. The number of esters is 1. The Kier molecular flexibility index (Phi) is 15.5. The molecule has 1 aliphatic rings. The highest BCUT2D eigenvalue weighted by Crippen LogP contribution is 2.15. The molecule has 32 heavy (non-hydrogen) atoms. The monoisotopic (exact) mass is 453 g/mol. The predicted molar refractivity (Wildman–Crippen MR) is 122 cm³/mol. The summed E-state index contributed by atoms with van der Waals surface area (Å²) < 4.78 is 5.05. The molecule has 0 unspecified atom stereocenters. The molecule has 1 aliphatic heterocycles. The van der Waals surface area contributed by atoms with E-state index in [0.717, 1.165) is 19.3 Å². The first kappa shape index (κ1) is 28.1. The van der Waals surface area contributed by atoms with Crippen LogP contribution < -0.4 is 0 Å². The number of amides is 2. The molecule has 0 aromatic rings. The molecule has 0 bridgehead atoms. The van der Waals surface area contributed by atoms with Crippen LogP contribution in [-0.2, 0) is 28.8 Å². The van der Waals surface area contributed by atoms with E-state index in [0.29, 0.717) is 5.06 Å². The van der Waals surface area contributed by atoms with Crippen molar-refractivity contribution in [2.45, 2.75) is 136 Å². The molecule has 0 saturated carbocycles. The maximum Gasteiger partial charge on any atom is 0.373 e. The number of carbonyl (C=O) groups excluding carboxylic acids is 4. The fourth-order valence-corrected chi connectivity index (χ4v) is 3.77. The quantitative estimate of drug-likeness (QED) is 0.140. The van der Waals surface area contributed by atoms with Gasteiger partial charge in [-0.3, -0.25) is 14.4 Å². The lowest BCUT2D eigenvalue weighted by Gasteiger charge is -2.16. The third-order valence-electron chi connectivity index (χ3n) is 5.81. The summed E-state index contributed by atoms with van der Waals surface area (Å²) in [7, 11) is 0. The molecule has 1 heterocycles. The van der Waals surface area contributed by atoms with Crippen LogP contribution in [0.5, 0.6) is 0 Å². The van der Waals surface area contributed by atoms with Gasteiger partial charge in [-0.25, -0.2) is 4.79 Å². The maximum atomic E-state index is 11.9. The summed E-state index contributed by atoms with van der Waals surface area (Å²) in [6.45, 7) is 3.63. The van der Waals surface area contributed by atoms with E-state index in [1.165, 1.54) is 84.0 Å². The summed E-state index contributed by atoms with van der Waals surface area (Å²) in [5.74, 6) is -2.50. The minimum Gasteiger partial charge on any atom is -0.451 e. The molecule has 1 atom stereocenters. The van der Waals surface area contributed by atoms with Gasteiger partial charge in [0.25, 0.3) is 11.8 Å². The number of unbranched alkanes of at least 4 members (excludes halogenated alkanes) is 14. The highest BCUT2D eigenvalue weighted by atomic mass is 16.7. The minimum absolute atomic E-state index is 0.0273. The van der Waals surface area contributed by atoms with E-state index >= 15 is 0 Å². The maximum absolute atomic E-state index is 11.9. The van der Waals surface area contributed by atoms with Gasteiger partial charge in [-0.2, -0.15) is 0 Å². The second-order valence-electron chi connectivity index (χ2n) is 8.82. The zero-order valence-corrected chi connectivity index (χ0v) is 20.2. The standard InChI is InChI=1S/C25H43NO6/c1-3-4-5-6-7-8-9-10-11-12-13-14-15-16-17-18-24(29)31-21(2)25(30)32-26-22(27)19-20-23(26)28/h21H,3-20H2,1-2H3/t21-/m0/s1. The third-order valence-corrected chi connectivity index (χ3v) is 5.81. The van der Waals surface area contributed by atoms with Gasteiger partial charge in [-0.1, -0.05) is 96.8 Å². The lowest BCUT2D eigenvalue weighted by Crippen LogP contribution is -2.37. The summed E-state index contributed by atoms with van der Waals surface area (Å²) >= 11 is 0. The number of ether oxygens (including phenoxy) is 1. The number of hydrogen-bond acceptors (Lipinski definition) is 6. The van der Waals surface area contributed by atoms with Gasteiger partial charge in [0.05, 0.1) is 0 Å². The molecule has 0 aromatic heterocycles. The molecule has 0 N–H and O–H groups in total. The Labute approximate surface area is 193 Å². The molecule has 2 amide bonds. The van der Waals surface area contributed by atoms with E-state index in [2.05, 4.69) is 6.92 Å². The average Bonchev–Trinajstić information content (AvgIpc) is 3.08. The van der Waals surface area contributed by atoms with Crippen LogP contribution in [0.25, 0.3) is 0 Å². The second kappa shape index (κ2) is 17.6. The SMILES string of the molecule is CCCCCCCCCCCCCCCCCC(=O)O[C@@H](C)C(=O)ON1C(=O)CCC1=O. The van der Waals surface area contributed by atoms with Gasteiger partial charge in [0, 0.05) is 19.3 Å². The highest BCUT2D eigenvalue weighted by molar-refractivity contribution is 6.01. The van der Waals surface area contributed by atoms with Crippen LogP contribution in [0.1, 0.15) is 129 Å². The molecular weight excluding hydrogens is 410 g/mol. The molecule has 184 valence electrons. The van der Waals surface area contributed by atoms with Crippen LogP contribution in [0.2, 0.25) is 0 Å². The lowest BCUT2D eigenvalue weighted by atomic mass is 10.0. The van der Waals surface area contributed by atoms with Crippen molar-refractivity contribution in [3.63, 3.8) is 0 Å². The average molecular weight is 454 g/mol. The van der Waals surface area contributed by atoms with Crippen LogP contribution in [0.15, 0.2) is 0 Å². The van der Waals surface area contributed by atoms with Crippen LogP contribution in [0, 0.1) is 0 Å². The van der Waals surface area contributed by atoms with Crippen molar-refractivity contribution in [1.82, 2.24) is 5.06 Å². The van der Waals surface area contributed by atoms with Crippen LogP contribution in [-0.4, -0.2) is 34.9 Å². The van der Waals surface area contributed by atoms with Gasteiger partial charge < -0.3 is 9.57 Å². The number of hydrogen-bond donors (Lipinski definition) is 0. The smallest absolute Gasteiger partial charge is 0.373 e. The molecule has 0 aliphatic carbocycles. The van der Waals surface area contributed by atoms with Gasteiger partial charge >= 0.3 is 11.9 Å². The van der Waals surface area contributed by atoms with E-state index < -0.39 is 29.9 Å². The Bertz CT molecular complexity index is 561. The van der Waals surface area contributed by atoms with Crippen molar-refractivity contribution in [2.75, 3.05) is 0 Å². The van der Waals surface area contributed by atoms with Crippen molar-refractivity contribution in [2.24, 2.45) is 0 Å². The molecule has 7 heteroatoms. The Hall–Kier alpha value is -1.92. The Morgan fingerprint density at radius 1 is 0.750 bits per heavy atom. The zero-order chi connectivity index (χ0) is 23.6. The molecule has 0 radical (unpaired) electrons. The number of hydroxylamine groups is 2. The summed E-state index contributed by atoms with van der Waals surface area (Å²) in [5.41, 5.74) is 0. The number of imide groups is 1. The zero-order valence-electron chi connectivity index (χ0n) is 20.2. The van der Waals surface area contributed by atoms with Crippen molar-refractivity contribution < 1.29 is 28.8 Å². The predicted octanol–water partition coefficient (Wildman–Crippen LogP) is 5.79. The van der Waals surface area contributed by atoms with E-state index in [1.807, 2.05) is 0 Å². The summed E-state index contributed by atoms with van der Waals surface area (Å²) in [6, 6.07) is 0. The molecule has 1 rings (SSSR count). The number of nitrogens with zero attached hydrogens (tertiary/aromatic N) is 1. The van der Waals surface area contributed by atoms with Gasteiger partial charge in [-0.15, -0.1) is 5.06 Å². The first-order valence-electron chi connectivity index (χ1n) is 12.7. The first-order valence-corrected chi connectivity index (χ1v) is 12.7. The molecule has 1 saturated heterocycles. The van der Waals surface area contributed by atoms with Crippen molar-refractivity contribution in [3.05, 3.63) is 0 Å². The van der Waals surface area contributed by atoms with E-state index in [4.69, 9.17) is 9.57 Å². The number of carbonyl (C=O) groups is 4. The van der Waals surface area contributed by atoms with Gasteiger partial charge in [0.1, 0.15) is 0 Å². The normalized spacial score (nSPS) is 14.6. The van der Waals surface area contributed by atoms with Crippen LogP contribution in [0.4, 0.5) is 0 Å². The first-order chi connectivity index (χ1) is 15.5. The number of rotatable bonds is 19. The van der Waals surface area contributed by atoms with Crippen molar-refractivity contribution in [3.8, 4) is 0 Å². The summed E-state index contributed by atoms with van der Waals surface area (Å²) in [5, 5.41) is 0.460. The van der Waals surface area contributed by atoms with E-state index in [9.17, 15) is 19.2 Å². The lowest BCUT2D eigenvalue weighted by molar-refractivity contribution is -0.205. The summed E-state index contributed by atoms with van der Waals surface area (Å²) in [4.78, 5) is 51.4. The second-order valence-corrected chi connectivity index (χ2v) is 8.82. The van der Waals surface area contributed by atoms with Gasteiger partial charge in [-0.05, 0) is 13.3 Å². The topological polar surface area (TPSA) is 90.0 Å². The fraction of sp³-hybridized carbons (Fsp3) is 0.840.